The smallest absolute Gasteiger partial charge is 0.213 e. The summed E-state index contributed by atoms with van der Waals surface area (Å²) in [6.07, 6.45) is 2.79. The number of hydrogen-bond donors (Lipinski definition) is 0. The van der Waals surface area contributed by atoms with Crippen LogP contribution in [0.25, 0.3) is 0 Å². The molecule has 0 fully saturated rings. The molecule has 0 spiro atoms. The fourth-order valence-corrected chi connectivity index (χ4v) is 0.794. The Kier molecular flexibility index (Phi) is 2.90. The van der Waals surface area contributed by atoms with Crippen molar-refractivity contribution in [2.24, 2.45) is 0 Å². The highest BCUT2D eigenvalue weighted by Crippen LogP contribution is 2.07. The first-order valence-electron chi connectivity index (χ1n) is 3.88. The number of pyridine rings is 1. The second kappa shape index (κ2) is 3.96. The van der Waals surface area contributed by atoms with Crippen LogP contribution in [0.3, 0.4) is 0 Å². The van der Waals surface area contributed by atoms with Crippen molar-refractivity contribution >= 4 is 0 Å². The molecule has 0 saturated carbocycles. The van der Waals surface area contributed by atoms with Crippen LogP contribution in [0.15, 0.2) is 18.3 Å². The van der Waals surface area contributed by atoms with Crippen LogP contribution in [-0.4, -0.2) is 11.6 Å². The molecule has 1 aromatic rings. The topological polar surface area (TPSA) is 22.1 Å². The van der Waals surface area contributed by atoms with Gasteiger partial charge < -0.3 is 4.74 Å². The van der Waals surface area contributed by atoms with Crippen LogP contribution in [0, 0.1) is 6.92 Å². The van der Waals surface area contributed by atoms with E-state index in [2.05, 4.69) is 11.9 Å². The molecule has 0 atom stereocenters. The number of ether oxygens (including phenoxy) is 1. The van der Waals surface area contributed by atoms with Gasteiger partial charge in [0.05, 0.1) is 6.61 Å². The van der Waals surface area contributed by atoms with Crippen molar-refractivity contribution in [2.45, 2.75) is 20.3 Å². The Morgan fingerprint density at radius 3 is 3.00 bits per heavy atom. The Hall–Kier alpha value is -1.05. The lowest BCUT2D eigenvalue weighted by Crippen LogP contribution is -1.96. The van der Waals surface area contributed by atoms with Crippen LogP contribution >= 0.6 is 0 Å². The molecule has 2 heteroatoms. The van der Waals surface area contributed by atoms with E-state index in [9.17, 15) is 0 Å². The molecule has 1 aromatic heterocycles. The lowest BCUT2D eigenvalue weighted by atomic mass is 10.3. The first kappa shape index (κ1) is 8.05. The molecule has 0 N–H and O–H groups in total. The molecule has 0 unspecified atom stereocenters. The lowest BCUT2D eigenvalue weighted by molar-refractivity contribution is 0.305. The third-order valence-electron chi connectivity index (χ3n) is 1.34. The molecule has 0 aliphatic carbocycles. The van der Waals surface area contributed by atoms with E-state index < -0.39 is 0 Å². The van der Waals surface area contributed by atoms with E-state index >= 15 is 0 Å². The number of rotatable bonds is 3. The molecule has 2 nitrogen and oxygen atoms in total. The number of aryl methyl sites for hydroxylation is 1. The maximum absolute atomic E-state index is 5.32. The van der Waals surface area contributed by atoms with E-state index in [0.717, 1.165) is 18.9 Å². The van der Waals surface area contributed by atoms with Crippen molar-refractivity contribution in [1.29, 1.82) is 0 Å². The summed E-state index contributed by atoms with van der Waals surface area (Å²) in [5.41, 5.74) is 1.19. The first-order chi connectivity index (χ1) is 5.33. The van der Waals surface area contributed by atoms with E-state index in [1.54, 1.807) is 6.20 Å². The normalized spacial score (nSPS) is 9.64. The predicted molar refractivity (Wildman–Crippen MR) is 44.8 cm³/mol. The maximum atomic E-state index is 5.32. The molecule has 0 saturated heterocycles. The summed E-state index contributed by atoms with van der Waals surface area (Å²) in [5.74, 6) is 0.729. The highest BCUT2D eigenvalue weighted by molar-refractivity contribution is 5.18. The third kappa shape index (κ3) is 2.58. The van der Waals surface area contributed by atoms with Gasteiger partial charge in [-0.2, -0.15) is 0 Å². The molecule has 0 aliphatic heterocycles. The third-order valence-corrected chi connectivity index (χ3v) is 1.34. The minimum atomic E-state index is 0.729. The van der Waals surface area contributed by atoms with Crippen LogP contribution in [0.4, 0.5) is 0 Å². The summed E-state index contributed by atoms with van der Waals surface area (Å²) in [7, 11) is 0. The Balaban J connectivity index is 2.56. The zero-order valence-corrected chi connectivity index (χ0v) is 7.00. The fourth-order valence-electron chi connectivity index (χ4n) is 0.794. The molecule has 0 amide bonds. The van der Waals surface area contributed by atoms with Crippen LogP contribution in [0.2, 0.25) is 0 Å². The van der Waals surface area contributed by atoms with E-state index in [0.29, 0.717) is 0 Å². The summed E-state index contributed by atoms with van der Waals surface area (Å²) >= 11 is 0. The first-order valence-corrected chi connectivity index (χ1v) is 3.88. The Morgan fingerprint density at radius 2 is 2.36 bits per heavy atom. The van der Waals surface area contributed by atoms with Gasteiger partial charge in [-0.25, -0.2) is 4.98 Å². The van der Waals surface area contributed by atoms with Crippen LogP contribution in [0.1, 0.15) is 18.9 Å². The summed E-state index contributed by atoms with van der Waals surface area (Å²) in [6, 6.07) is 3.90. The van der Waals surface area contributed by atoms with Gasteiger partial charge in [0.1, 0.15) is 0 Å². The van der Waals surface area contributed by atoms with Gasteiger partial charge in [0.25, 0.3) is 0 Å². The molecule has 0 bridgehead atoms. The summed E-state index contributed by atoms with van der Waals surface area (Å²) < 4.78 is 5.32. The van der Waals surface area contributed by atoms with Gasteiger partial charge in [0, 0.05) is 12.3 Å². The average molecular weight is 151 g/mol. The zero-order valence-electron chi connectivity index (χ0n) is 7.00. The van der Waals surface area contributed by atoms with Crippen molar-refractivity contribution in [3.63, 3.8) is 0 Å². The number of hydrogen-bond acceptors (Lipinski definition) is 2. The average Bonchev–Trinajstić information content (AvgIpc) is 2.01. The second-order valence-corrected chi connectivity index (χ2v) is 2.52. The Bertz CT molecular complexity index is 223. The minimum Gasteiger partial charge on any atom is -0.478 e. The Morgan fingerprint density at radius 1 is 1.55 bits per heavy atom. The van der Waals surface area contributed by atoms with Gasteiger partial charge >= 0.3 is 0 Å². The predicted octanol–water partition coefficient (Wildman–Crippen LogP) is 2.18. The van der Waals surface area contributed by atoms with E-state index in [1.807, 2.05) is 19.1 Å². The maximum Gasteiger partial charge on any atom is 0.213 e. The quantitative estimate of drug-likeness (QED) is 0.660. The summed E-state index contributed by atoms with van der Waals surface area (Å²) in [5, 5.41) is 0. The Labute approximate surface area is 67.2 Å². The van der Waals surface area contributed by atoms with E-state index in [-0.39, 0.29) is 0 Å². The van der Waals surface area contributed by atoms with E-state index in [4.69, 9.17) is 4.74 Å². The number of nitrogens with zero attached hydrogens (tertiary/aromatic N) is 1. The van der Waals surface area contributed by atoms with Crippen molar-refractivity contribution < 1.29 is 4.74 Å². The number of aromatic nitrogens is 1. The van der Waals surface area contributed by atoms with Gasteiger partial charge in [-0.05, 0) is 25.0 Å². The summed E-state index contributed by atoms with van der Waals surface area (Å²) in [6.45, 7) is 4.85. The molecule has 60 valence electrons. The molecular formula is C9H13NO. The van der Waals surface area contributed by atoms with Gasteiger partial charge in [-0.1, -0.05) is 6.92 Å². The molecular weight excluding hydrogens is 138 g/mol. The van der Waals surface area contributed by atoms with Crippen LogP contribution in [0.5, 0.6) is 5.88 Å². The lowest BCUT2D eigenvalue weighted by Gasteiger charge is -2.02. The van der Waals surface area contributed by atoms with Crippen LogP contribution in [-0.2, 0) is 0 Å². The van der Waals surface area contributed by atoms with Crippen molar-refractivity contribution in [2.75, 3.05) is 6.61 Å². The highest BCUT2D eigenvalue weighted by atomic mass is 16.5. The second-order valence-electron chi connectivity index (χ2n) is 2.52. The fraction of sp³-hybridized carbons (Fsp3) is 0.444. The van der Waals surface area contributed by atoms with Gasteiger partial charge in [0.2, 0.25) is 5.88 Å². The van der Waals surface area contributed by atoms with Gasteiger partial charge in [-0.15, -0.1) is 0 Å². The standard InChI is InChI=1S/C9H13NO/c1-3-6-11-9-7-8(2)4-5-10-9/h4-5,7H,3,6H2,1-2H3. The SMILES string of the molecule is CCCOc1cc(C)ccn1. The zero-order chi connectivity index (χ0) is 8.10. The van der Waals surface area contributed by atoms with Crippen molar-refractivity contribution in [3.05, 3.63) is 23.9 Å². The monoisotopic (exact) mass is 151 g/mol. The molecule has 1 heterocycles. The van der Waals surface area contributed by atoms with Crippen LogP contribution < -0.4 is 4.74 Å². The molecule has 0 aliphatic rings. The largest absolute Gasteiger partial charge is 0.478 e. The van der Waals surface area contributed by atoms with E-state index in [1.165, 1.54) is 5.56 Å². The molecule has 0 aromatic carbocycles. The van der Waals surface area contributed by atoms with Crippen molar-refractivity contribution in [1.82, 2.24) is 4.98 Å². The highest BCUT2D eigenvalue weighted by Gasteiger charge is 1.92. The van der Waals surface area contributed by atoms with Gasteiger partial charge in [-0.3, -0.25) is 0 Å². The molecule has 0 radical (unpaired) electrons. The molecule has 11 heavy (non-hydrogen) atoms. The van der Waals surface area contributed by atoms with Gasteiger partial charge in [0.15, 0.2) is 0 Å². The minimum absolute atomic E-state index is 0.729. The molecule has 1 rings (SSSR count). The summed E-state index contributed by atoms with van der Waals surface area (Å²) in [4.78, 5) is 4.05. The van der Waals surface area contributed by atoms with Crippen molar-refractivity contribution in [3.8, 4) is 5.88 Å².